The van der Waals surface area contributed by atoms with Crippen molar-refractivity contribution < 1.29 is 35.4 Å². The van der Waals surface area contributed by atoms with E-state index in [9.17, 15) is 27.0 Å². The molecule has 0 bridgehead atoms. The number of hydrogen-bond donors (Lipinski definition) is 2. The van der Waals surface area contributed by atoms with Crippen LogP contribution in [0.15, 0.2) is 107 Å². The molecule has 10 heteroatoms. The molecule has 2 N–H and O–H groups in total. The Hall–Kier alpha value is -4.28. The quantitative estimate of drug-likeness (QED) is 0.237. The van der Waals surface area contributed by atoms with E-state index in [1.54, 1.807) is 12.1 Å². The molecule has 8 nitrogen and oxygen atoms in total. The molecule has 0 radical (unpaired) electrons. The normalized spacial score (nSPS) is 12.0. The first kappa shape index (κ1) is 23.5. The van der Waals surface area contributed by atoms with Crippen molar-refractivity contribution in [3.63, 3.8) is 0 Å². The summed E-state index contributed by atoms with van der Waals surface area (Å²) in [6.07, 6.45) is 0. The smallest absolute Gasteiger partial charge is 0.339 e. The standard InChI is InChI=1S/C26H18O8S2/c27-19-5-9-21(10-6-19)35(29,30)33-25-13-14-26(34-36(31,32)22-11-7-20(28)8-12-22)24-16-18-4-2-1-3-17(18)15-23(24)25/h1-16,27-28H. The minimum absolute atomic E-state index is 0.0294. The van der Waals surface area contributed by atoms with E-state index in [0.717, 1.165) is 10.8 Å². The highest BCUT2D eigenvalue weighted by molar-refractivity contribution is 7.87. The fourth-order valence-electron chi connectivity index (χ4n) is 3.68. The van der Waals surface area contributed by atoms with Gasteiger partial charge < -0.3 is 18.6 Å². The summed E-state index contributed by atoms with van der Waals surface area (Å²) in [7, 11) is -8.53. The highest BCUT2D eigenvalue weighted by Gasteiger charge is 2.22. The van der Waals surface area contributed by atoms with Crippen molar-refractivity contribution in [3.05, 3.63) is 97.1 Å². The molecule has 5 rings (SSSR count). The van der Waals surface area contributed by atoms with Crippen LogP contribution in [0.2, 0.25) is 0 Å². The monoisotopic (exact) mass is 522 g/mol. The molecular weight excluding hydrogens is 504 g/mol. The lowest BCUT2D eigenvalue weighted by molar-refractivity contribution is 0.471. The van der Waals surface area contributed by atoms with Crippen LogP contribution in [0.3, 0.4) is 0 Å². The number of fused-ring (bicyclic) bond motifs is 2. The van der Waals surface area contributed by atoms with E-state index in [-0.39, 0.29) is 32.8 Å². The van der Waals surface area contributed by atoms with Gasteiger partial charge in [0.15, 0.2) is 11.5 Å². The van der Waals surface area contributed by atoms with Crippen molar-refractivity contribution in [2.24, 2.45) is 0 Å². The molecule has 36 heavy (non-hydrogen) atoms. The van der Waals surface area contributed by atoms with Crippen LogP contribution in [-0.2, 0) is 20.2 Å². The van der Waals surface area contributed by atoms with Crippen LogP contribution in [0, 0.1) is 0 Å². The first-order chi connectivity index (χ1) is 17.1. The van der Waals surface area contributed by atoms with Gasteiger partial charge in [-0.15, -0.1) is 0 Å². The Balaban J connectivity index is 1.64. The van der Waals surface area contributed by atoms with E-state index in [1.807, 2.05) is 24.3 Å². The summed E-state index contributed by atoms with van der Waals surface area (Å²) in [4.78, 5) is -0.325. The Bertz CT molecular complexity index is 1680. The number of benzene rings is 5. The number of phenolic OH excluding ortho intramolecular Hbond substituents is 2. The predicted molar refractivity (Wildman–Crippen MR) is 133 cm³/mol. The second-order valence-corrected chi connectivity index (χ2v) is 11.0. The van der Waals surface area contributed by atoms with Gasteiger partial charge in [0.25, 0.3) is 0 Å². The third kappa shape index (κ3) is 4.51. The number of phenols is 2. The molecule has 0 saturated carbocycles. The molecule has 0 aliphatic carbocycles. The SMILES string of the molecule is O=S(=O)(Oc1ccc(OS(=O)(=O)c2ccc(O)cc2)c2cc3ccccc3cc12)c1ccc(O)cc1. The Kier molecular flexibility index (Phi) is 5.70. The van der Waals surface area contributed by atoms with Gasteiger partial charge in [0.1, 0.15) is 21.3 Å². The maximum atomic E-state index is 12.9. The van der Waals surface area contributed by atoms with Crippen LogP contribution in [0.4, 0.5) is 0 Å². The molecule has 0 fully saturated rings. The van der Waals surface area contributed by atoms with Crippen molar-refractivity contribution >= 4 is 41.8 Å². The van der Waals surface area contributed by atoms with Gasteiger partial charge in [-0.2, -0.15) is 16.8 Å². The summed E-state index contributed by atoms with van der Waals surface area (Å²) in [6, 6.07) is 23.1. The Morgan fingerprint density at radius 1 is 0.500 bits per heavy atom. The summed E-state index contributed by atoms with van der Waals surface area (Å²) in [5, 5.41) is 21.1. The van der Waals surface area contributed by atoms with Crippen molar-refractivity contribution in [1.29, 1.82) is 0 Å². The lowest BCUT2D eigenvalue weighted by Gasteiger charge is -2.14. The topological polar surface area (TPSA) is 127 Å². The van der Waals surface area contributed by atoms with Crippen LogP contribution in [0.5, 0.6) is 23.0 Å². The van der Waals surface area contributed by atoms with Gasteiger partial charge in [-0.05, 0) is 83.6 Å². The zero-order chi connectivity index (χ0) is 25.5. The molecule has 182 valence electrons. The first-order valence-electron chi connectivity index (χ1n) is 10.5. The Morgan fingerprint density at radius 2 is 0.861 bits per heavy atom. The molecule has 0 spiro atoms. The maximum absolute atomic E-state index is 12.9. The van der Waals surface area contributed by atoms with Gasteiger partial charge in [-0.3, -0.25) is 0 Å². The molecular formula is C26H18O8S2. The molecule has 0 unspecified atom stereocenters. The summed E-state index contributed by atoms with van der Waals surface area (Å²) < 4.78 is 62.4. The lowest BCUT2D eigenvalue weighted by Crippen LogP contribution is -2.11. The maximum Gasteiger partial charge on any atom is 0.339 e. The lowest BCUT2D eigenvalue weighted by atomic mass is 10.0. The third-order valence-corrected chi connectivity index (χ3v) is 7.95. The molecule has 0 aliphatic heterocycles. The highest BCUT2D eigenvalue weighted by atomic mass is 32.2. The summed E-state index contributed by atoms with van der Waals surface area (Å²) >= 11 is 0. The molecule has 0 saturated heterocycles. The Morgan fingerprint density at radius 3 is 1.22 bits per heavy atom. The second kappa shape index (κ2) is 8.74. The zero-order valence-electron chi connectivity index (χ0n) is 18.4. The third-order valence-electron chi connectivity index (χ3n) is 5.45. The molecule has 0 amide bonds. The van der Waals surface area contributed by atoms with Crippen LogP contribution >= 0.6 is 0 Å². The van der Waals surface area contributed by atoms with Crippen molar-refractivity contribution in [2.45, 2.75) is 9.79 Å². The molecule has 5 aromatic rings. The predicted octanol–water partition coefficient (Wildman–Crippen LogP) is 4.94. The summed E-state index contributed by atoms with van der Waals surface area (Å²) in [5.74, 6) is -0.249. The van der Waals surface area contributed by atoms with Crippen molar-refractivity contribution in [1.82, 2.24) is 0 Å². The summed E-state index contributed by atoms with van der Waals surface area (Å²) in [5.41, 5.74) is 0. The second-order valence-electron chi connectivity index (χ2n) is 7.87. The van der Waals surface area contributed by atoms with E-state index < -0.39 is 20.2 Å². The highest BCUT2D eigenvalue weighted by Crippen LogP contribution is 2.38. The van der Waals surface area contributed by atoms with Crippen LogP contribution in [0.1, 0.15) is 0 Å². The largest absolute Gasteiger partial charge is 0.508 e. The van der Waals surface area contributed by atoms with E-state index >= 15 is 0 Å². The van der Waals surface area contributed by atoms with E-state index in [1.165, 1.54) is 60.7 Å². The van der Waals surface area contributed by atoms with Gasteiger partial charge in [0.2, 0.25) is 0 Å². The van der Waals surface area contributed by atoms with E-state index in [4.69, 9.17) is 8.37 Å². The fraction of sp³-hybridized carbons (Fsp3) is 0. The molecule has 5 aromatic carbocycles. The minimum atomic E-state index is -4.26. The Labute approximate surface area is 206 Å². The van der Waals surface area contributed by atoms with Gasteiger partial charge in [-0.25, -0.2) is 0 Å². The average Bonchev–Trinajstić information content (AvgIpc) is 2.85. The van der Waals surface area contributed by atoms with Crippen molar-refractivity contribution in [3.8, 4) is 23.0 Å². The average molecular weight is 523 g/mol. The molecule has 0 atom stereocenters. The minimum Gasteiger partial charge on any atom is -0.508 e. The molecule has 0 aromatic heterocycles. The molecule has 0 heterocycles. The fourth-order valence-corrected chi connectivity index (χ4v) is 5.58. The number of rotatable bonds is 6. The van der Waals surface area contributed by atoms with E-state index in [0.29, 0.717) is 10.8 Å². The molecule has 0 aliphatic rings. The van der Waals surface area contributed by atoms with Gasteiger partial charge in [0.05, 0.1) is 0 Å². The van der Waals surface area contributed by atoms with Crippen molar-refractivity contribution in [2.75, 3.05) is 0 Å². The van der Waals surface area contributed by atoms with Crippen LogP contribution in [0.25, 0.3) is 21.5 Å². The first-order valence-corrected chi connectivity index (χ1v) is 13.4. The van der Waals surface area contributed by atoms with Crippen LogP contribution in [-0.4, -0.2) is 27.0 Å². The number of hydrogen-bond acceptors (Lipinski definition) is 8. The number of aromatic hydroxyl groups is 2. The van der Waals surface area contributed by atoms with E-state index in [2.05, 4.69) is 0 Å². The zero-order valence-corrected chi connectivity index (χ0v) is 20.0. The van der Waals surface area contributed by atoms with Gasteiger partial charge in [-0.1, -0.05) is 24.3 Å². The van der Waals surface area contributed by atoms with Crippen LogP contribution < -0.4 is 8.37 Å². The van der Waals surface area contributed by atoms with Gasteiger partial charge >= 0.3 is 20.2 Å². The summed E-state index contributed by atoms with van der Waals surface area (Å²) in [6.45, 7) is 0. The van der Waals surface area contributed by atoms with Gasteiger partial charge in [0, 0.05) is 10.8 Å².